The van der Waals surface area contributed by atoms with Crippen LogP contribution in [0.3, 0.4) is 0 Å². The second-order valence-electron chi connectivity index (χ2n) is 4.28. The lowest BCUT2D eigenvalue weighted by molar-refractivity contribution is -0.385. The number of pyridine rings is 1. The van der Waals surface area contributed by atoms with Crippen LogP contribution >= 0.6 is 15.9 Å². The SMILES string of the molecule is Cc1ccnc(Oc2c(C)cc(Br)cc2[N+](=O)[O-])c1N. The number of halogens is 1. The summed E-state index contributed by atoms with van der Waals surface area (Å²) in [5.74, 6) is 0.307. The number of anilines is 1. The number of hydrogen-bond donors (Lipinski definition) is 1. The highest BCUT2D eigenvalue weighted by Gasteiger charge is 2.21. The van der Waals surface area contributed by atoms with E-state index in [9.17, 15) is 10.1 Å². The molecule has 2 N–H and O–H groups in total. The van der Waals surface area contributed by atoms with Crippen molar-refractivity contribution in [2.75, 3.05) is 5.73 Å². The lowest BCUT2D eigenvalue weighted by atomic mass is 10.2. The van der Waals surface area contributed by atoms with Gasteiger partial charge in [-0.3, -0.25) is 10.1 Å². The molecule has 2 rings (SSSR count). The maximum absolute atomic E-state index is 11.1. The van der Waals surface area contributed by atoms with E-state index < -0.39 is 4.92 Å². The molecule has 0 bridgehead atoms. The van der Waals surface area contributed by atoms with Crippen LogP contribution in [0.5, 0.6) is 11.6 Å². The third kappa shape index (κ3) is 2.72. The molecule has 1 aromatic carbocycles. The van der Waals surface area contributed by atoms with E-state index in [1.807, 2.05) is 6.92 Å². The number of nitro benzene ring substituents is 1. The van der Waals surface area contributed by atoms with Crippen molar-refractivity contribution in [3.05, 3.63) is 50.1 Å². The molecule has 6 nitrogen and oxygen atoms in total. The summed E-state index contributed by atoms with van der Waals surface area (Å²) in [4.78, 5) is 14.6. The van der Waals surface area contributed by atoms with Crippen LogP contribution in [-0.2, 0) is 0 Å². The third-order valence-electron chi connectivity index (χ3n) is 2.79. The second kappa shape index (κ2) is 5.46. The van der Waals surface area contributed by atoms with Crippen LogP contribution in [0.1, 0.15) is 11.1 Å². The molecule has 0 atom stereocenters. The fourth-order valence-electron chi connectivity index (χ4n) is 1.70. The summed E-state index contributed by atoms with van der Waals surface area (Å²) in [6.45, 7) is 3.53. The quantitative estimate of drug-likeness (QED) is 0.680. The maximum Gasteiger partial charge on any atom is 0.313 e. The smallest absolute Gasteiger partial charge is 0.313 e. The average molecular weight is 338 g/mol. The van der Waals surface area contributed by atoms with Crippen molar-refractivity contribution in [3.63, 3.8) is 0 Å². The predicted octanol–water partition coefficient (Wildman–Crippen LogP) is 3.74. The van der Waals surface area contributed by atoms with Crippen molar-refractivity contribution in [1.29, 1.82) is 0 Å². The molecule has 0 saturated carbocycles. The normalized spacial score (nSPS) is 10.3. The van der Waals surface area contributed by atoms with Gasteiger partial charge in [0.1, 0.15) is 0 Å². The summed E-state index contributed by atoms with van der Waals surface area (Å²) in [5.41, 5.74) is 7.51. The van der Waals surface area contributed by atoms with Crippen LogP contribution in [0.2, 0.25) is 0 Å². The topological polar surface area (TPSA) is 91.3 Å². The molecule has 1 aromatic heterocycles. The number of nitro groups is 1. The molecule has 0 saturated heterocycles. The van der Waals surface area contributed by atoms with Crippen LogP contribution in [0.25, 0.3) is 0 Å². The van der Waals surface area contributed by atoms with Crippen molar-refractivity contribution < 1.29 is 9.66 Å². The molecule has 2 aromatic rings. The van der Waals surface area contributed by atoms with E-state index in [2.05, 4.69) is 20.9 Å². The summed E-state index contributed by atoms with van der Waals surface area (Å²) in [6.07, 6.45) is 1.54. The van der Waals surface area contributed by atoms with Gasteiger partial charge in [0.15, 0.2) is 0 Å². The Kier molecular flexibility index (Phi) is 3.89. The Balaban J connectivity index is 2.53. The van der Waals surface area contributed by atoms with Gasteiger partial charge in [-0.2, -0.15) is 0 Å². The Bertz CT molecular complexity index is 689. The van der Waals surface area contributed by atoms with E-state index in [1.54, 1.807) is 25.3 Å². The fourth-order valence-corrected chi connectivity index (χ4v) is 2.26. The van der Waals surface area contributed by atoms with Gasteiger partial charge in [0, 0.05) is 22.3 Å². The minimum atomic E-state index is -0.501. The van der Waals surface area contributed by atoms with Crippen molar-refractivity contribution in [1.82, 2.24) is 4.98 Å². The minimum absolute atomic E-state index is 0.139. The number of nitrogen functional groups attached to an aromatic ring is 1. The first-order valence-electron chi connectivity index (χ1n) is 5.73. The second-order valence-corrected chi connectivity index (χ2v) is 5.19. The summed E-state index contributed by atoms with van der Waals surface area (Å²) >= 11 is 3.23. The Morgan fingerprint density at radius 3 is 2.70 bits per heavy atom. The third-order valence-corrected chi connectivity index (χ3v) is 3.24. The Morgan fingerprint density at radius 1 is 1.35 bits per heavy atom. The van der Waals surface area contributed by atoms with Crippen molar-refractivity contribution >= 4 is 27.3 Å². The number of benzene rings is 1. The molecule has 104 valence electrons. The van der Waals surface area contributed by atoms with Gasteiger partial charge in [0.25, 0.3) is 0 Å². The van der Waals surface area contributed by atoms with Gasteiger partial charge in [0.05, 0.1) is 10.6 Å². The van der Waals surface area contributed by atoms with Gasteiger partial charge in [-0.05, 0) is 31.5 Å². The van der Waals surface area contributed by atoms with Gasteiger partial charge >= 0.3 is 5.69 Å². The molecule has 0 fully saturated rings. The van der Waals surface area contributed by atoms with E-state index in [1.165, 1.54) is 6.07 Å². The maximum atomic E-state index is 11.1. The molecular weight excluding hydrogens is 326 g/mol. The number of rotatable bonds is 3. The molecule has 0 amide bonds. The molecular formula is C13H12BrN3O3. The summed E-state index contributed by atoms with van der Waals surface area (Å²) in [5, 5.41) is 11.1. The molecule has 0 aliphatic heterocycles. The van der Waals surface area contributed by atoms with Crippen molar-refractivity contribution in [2.24, 2.45) is 0 Å². The van der Waals surface area contributed by atoms with Crippen LogP contribution in [0, 0.1) is 24.0 Å². The molecule has 7 heteroatoms. The highest BCUT2D eigenvalue weighted by atomic mass is 79.9. The molecule has 20 heavy (non-hydrogen) atoms. The van der Waals surface area contributed by atoms with Gasteiger partial charge in [-0.1, -0.05) is 15.9 Å². The summed E-state index contributed by atoms with van der Waals surface area (Å²) < 4.78 is 6.18. The van der Waals surface area contributed by atoms with Crippen molar-refractivity contribution in [2.45, 2.75) is 13.8 Å². The summed E-state index contributed by atoms with van der Waals surface area (Å²) in [6, 6.07) is 4.85. The monoisotopic (exact) mass is 337 g/mol. The Labute approximate surface area is 123 Å². The zero-order valence-electron chi connectivity index (χ0n) is 10.9. The number of nitrogens with two attached hydrogens (primary N) is 1. The van der Waals surface area contributed by atoms with Crippen LogP contribution in [-0.4, -0.2) is 9.91 Å². The number of aryl methyl sites for hydroxylation is 2. The van der Waals surface area contributed by atoms with E-state index in [-0.39, 0.29) is 17.3 Å². The highest BCUT2D eigenvalue weighted by Crippen LogP contribution is 2.38. The molecule has 0 aliphatic rings. The van der Waals surface area contributed by atoms with E-state index in [0.717, 1.165) is 5.56 Å². The van der Waals surface area contributed by atoms with E-state index >= 15 is 0 Å². The number of nitrogens with zero attached hydrogens (tertiary/aromatic N) is 2. The highest BCUT2D eigenvalue weighted by molar-refractivity contribution is 9.10. The summed E-state index contributed by atoms with van der Waals surface area (Å²) in [7, 11) is 0. The number of ether oxygens (including phenoxy) is 1. The Hall–Kier alpha value is -2.15. The van der Waals surface area contributed by atoms with Crippen LogP contribution < -0.4 is 10.5 Å². The largest absolute Gasteiger partial charge is 0.429 e. The van der Waals surface area contributed by atoms with Crippen LogP contribution in [0.4, 0.5) is 11.4 Å². The molecule has 0 radical (unpaired) electrons. The zero-order valence-corrected chi connectivity index (χ0v) is 12.5. The number of aromatic nitrogens is 1. The first kappa shape index (κ1) is 14.3. The molecule has 1 heterocycles. The van der Waals surface area contributed by atoms with Crippen LogP contribution in [0.15, 0.2) is 28.9 Å². The lowest BCUT2D eigenvalue weighted by Gasteiger charge is -2.11. The standard InChI is InChI=1S/C13H12BrN3O3/c1-7-3-4-16-13(11(7)15)20-12-8(2)5-9(14)6-10(12)17(18)19/h3-6H,15H2,1-2H3. The average Bonchev–Trinajstić information content (AvgIpc) is 2.37. The molecule has 0 unspecified atom stereocenters. The van der Waals surface area contributed by atoms with Gasteiger partial charge in [0.2, 0.25) is 11.6 Å². The van der Waals surface area contributed by atoms with E-state index in [0.29, 0.717) is 15.7 Å². The zero-order chi connectivity index (χ0) is 14.9. The molecule has 0 aliphatic carbocycles. The number of hydrogen-bond acceptors (Lipinski definition) is 5. The minimum Gasteiger partial charge on any atom is -0.429 e. The van der Waals surface area contributed by atoms with Gasteiger partial charge in [-0.15, -0.1) is 0 Å². The fraction of sp³-hybridized carbons (Fsp3) is 0.154. The Morgan fingerprint density at radius 2 is 2.05 bits per heavy atom. The predicted molar refractivity (Wildman–Crippen MR) is 79.0 cm³/mol. The first-order chi connectivity index (χ1) is 9.40. The van der Waals surface area contributed by atoms with Gasteiger partial charge < -0.3 is 10.5 Å². The van der Waals surface area contributed by atoms with Gasteiger partial charge in [-0.25, -0.2) is 4.98 Å². The van der Waals surface area contributed by atoms with E-state index in [4.69, 9.17) is 10.5 Å². The lowest BCUT2D eigenvalue weighted by Crippen LogP contribution is -2.01. The molecule has 0 spiro atoms. The van der Waals surface area contributed by atoms with Crippen molar-refractivity contribution in [3.8, 4) is 11.6 Å². The first-order valence-corrected chi connectivity index (χ1v) is 6.53.